The van der Waals surface area contributed by atoms with Crippen LogP contribution in [0.1, 0.15) is 32.4 Å². The fourth-order valence-electron chi connectivity index (χ4n) is 1.68. The van der Waals surface area contributed by atoms with E-state index in [-0.39, 0.29) is 17.1 Å². The zero-order valence-electron chi connectivity index (χ0n) is 10.7. The number of H-pyrrole nitrogens is 1. The maximum atomic E-state index is 11.3. The van der Waals surface area contributed by atoms with E-state index in [9.17, 15) is 4.79 Å². The van der Waals surface area contributed by atoms with Gasteiger partial charge in [-0.1, -0.05) is 20.8 Å². The molecular formula is C12H21NO2Si. The molecule has 0 radical (unpaired) electrons. The molecule has 1 atom stereocenters. The lowest BCUT2D eigenvalue weighted by Crippen LogP contribution is -2.26. The highest BCUT2D eigenvalue weighted by atomic mass is 28.3. The zero-order chi connectivity index (χ0) is 12.3. The molecular weight excluding hydrogens is 218 g/mol. The van der Waals surface area contributed by atoms with Gasteiger partial charge in [-0.25, -0.2) is 0 Å². The van der Waals surface area contributed by atoms with Gasteiger partial charge < -0.3 is 9.41 Å². The summed E-state index contributed by atoms with van der Waals surface area (Å²) in [5.41, 5.74) is 0.906. The molecule has 90 valence electrons. The van der Waals surface area contributed by atoms with Gasteiger partial charge in [-0.2, -0.15) is 0 Å². The van der Waals surface area contributed by atoms with Crippen LogP contribution in [0, 0.1) is 5.41 Å². The lowest BCUT2D eigenvalue weighted by molar-refractivity contribution is 0.0864. The van der Waals surface area contributed by atoms with Gasteiger partial charge in [-0.05, 0) is 30.1 Å². The van der Waals surface area contributed by atoms with Crippen molar-refractivity contribution >= 4 is 9.04 Å². The summed E-state index contributed by atoms with van der Waals surface area (Å²) in [5, 5.41) is 0. The number of hydrogen-bond acceptors (Lipinski definition) is 2. The van der Waals surface area contributed by atoms with Gasteiger partial charge in [0, 0.05) is 12.3 Å². The van der Waals surface area contributed by atoms with Gasteiger partial charge in [-0.15, -0.1) is 0 Å². The first-order valence-electron chi connectivity index (χ1n) is 5.65. The summed E-state index contributed by atoms with van der Waals surface area (Å²) in [5.74, 6) is 0. The molecule has 0 spiro atoms. The van der Waals surface area contributed by atoms with Gasteiger partial charge in [-0.3, -0.25) is 4.79 Å². The van der Waals surface area contributed by atoms with Gasteiger partial charge in [0.15, 0.2) is 9.04 Å². The topological polar surface area (TPSA) is 42.1 Å². The molecule has 0 aliphatic rings. The fraction of sp³-hybridized carbons (Fsp3) is 0.583. The van der Waals surface area contributed by atoms with Gasteiger partial charge in [0.1, 0.15) is 0 Å². The number of pyridine rings is 1. The Morgan fingerprint density at radius 1 is 1.38 bits per heavy atom. The van der Waals surface area contributed by atoms with Gasteiger partial charge in [0.2, 0.25) is 5.56 Å². The molecule has 0 saturated heterocycles. The van der Waals surface area contributed by atoms with E-state index < -0.39 is 9.04 Å². The second kappa shape index (κ2) is 4.97. The van der Waals surface area contributed by atoms with Gasteiger partial charge >= 0.3 is 0 Å². The second-order valence-corrected chi connectivity index (χ2v) is 7.79. The summed E-state index contributed by atoms with van der Waals surface area (Å²) in [7, 11) is -1.13. The van der Waals surface area contributed by atoms with Crippen LogP contribution >= 0.6 is 0 Å². The molecule has 16 heavy (non-hydrogen) atoms. The van der Waals surface area contributed by atoms with E-state index in [1.807, 2.05) is 6.07 Å². The highest BCUT2D eigenvalue weighted by Gasteiger charge is 2.27. The van der Waals surface area contributed by atoms with Crippen molar-refractivity contribution in [3.63, 3.8) is 0 Å². The third kappa shape index (κ3) is 3.61. The van der Waals surface area contributed by atoms with E-state index in [0.29, 0.717) is 0 Å². The quantitative estimate of drug-likeness (QED) is 0.823. The van der Waals surface area contributed by atoms with E-state index in [4.69, 9.17) is 4.43 Å². The first-order valence-corrected chi connectivity index (χ1v) is 8.43. The van der Waals surface area contributed by atoms with E-state index in [1.54, 1.807) is 12.3 Å². The molecule has 4 heteroatoms. The molecule has 0 aromatic carbocycles. The van der Waals surface area contributed by atoms with Crippen molar-refractivity contribution in [3.8, 4) is 0 Å². The van der Waals surface area contributed by atoms with Crippen LogP contribution < -0.4 is 5.56 Å². The minimum atomic E-state index is -1.13. The van der Waals surface area contributed by atoms with Crippen molar-refractivity contribution in [1.29, 1.82) is 0 Å². The predicted molar refractivity (Wildman–Crippen MR) is 69.2 cm³/mol. The van der Waals surface area contributed by atoms with E-state index in [0.717, 1.165) is 5.56 Å². The van der Waals surface area contributed by atoms with Gasteiger partial charge in [0.05, 0.1) is 6.10 Å². The van der Waals surface area contributed by atoms with Crippen LogP contribution in [0.2, 0.25) is 13.1 Å². The maximum absolute atomic E-state index is 11.3. The highest BCUT2D eigenvalue weighted by Crippen LogP contribution is 2.35. The summed E-state index contributed by atoms with van der Waals surface area (Å²) < 4.78 is 6.04. The van der Waals surface area contributed by atoms with Crippen LogP contribution in [0.25, 0.3) is 0 Å². The molecule has 1 aromatic rings. The number of aromatic amines is 1. The average molecular weight is 239 g/mol. The predicted octanol–water partition coefficient (Wildman–Crippen LogP) is 2.46. The minimum Gasteiger partial charge on any atom is -0.413 e. The van der Waals surface area contributed by atoms with Crippen LogP contribution in [-0.4, -0.2) is 14.0 Å². The third-order valence-corrected chi connectivity index (χ3v) is 3.11. The Morgan fingerprint density at radius 3 is 2.44 bits per heavy atom. The fourth-order valence-corrected chi connectivity index (χ4v) is 2.79. The summed E-state index contributed by atoms with van der Waals surface area (Å²) >= 11 is 0. The van der Waals surface area contributed by atoms with Crippen LogP contribution in [0.5, 0.6) is 0 Å². The number of rotatable bonds is 3. The molecule has 1 aromatic heterocycles. The molecule has 1 N–H and O–H groups in total. The smallest absolute Gasteiger partial charge is 0.248 e. The molecule has 0 aliphatic carbocycles. The van der Waals surface area contributed by atoms with E-state index >= 15 is 0 Å². The Bertz CT molecular complexity index is 392. The van der Waals surface area contributed by atoms with E-state index in [2.05, 4.69) is 38.8 Å². The summed E-state index contributed by atoms with van der Waals surface area (Å²) in [6.45, 7) is 10.7. The molecule has 0 amide bonds. The van der Waals surface area contributed by atoms with Crippen LogP contribution in [0.4, 0.5) is 0 Å². The van der Waals surface area contributed by atoms with Crippen LogP contribution in [-0.2, 0) is 4.43 Å². The Kier molecular flexibility index (Phi) is 4.10. The maximum Gasteiger partial charge on any atom is 0.248 e. The average Bonchev–Trinajstić information content (AvgIpc) is 2.12. The van der Waals surface area contributed by atoms with Crippen molar-refractivity contribution in [3.05, 3.63) is 34.2 Å². The lowest BCUT2D eigenvalue weighted by atomic mass is 9.85. The number of hydrogen-bond donors (Lipinski definition) is 1. The first kappa shape index (κ1) is 13.2. The molecule has 3 nitrogen and oxygen atoms in total. The van der Waals surface area contributed by atoms with Crippen molar-refractivity contribution in [2.24, 2.45) is 5.41 Å². The number of nitrogens with one attached hydrogen (secondary N) is 1. The molecule has 0 fully saturated rings. The molecule has 0 bridgehead atoms. The Labute approximate surface area is 98.6 Å². The minimum absolute atomic E-state index is 0.00136. The summed E-state index contributed by atoms with van der Waals surface area (Å²) in [4.78, 5) is 13.9. The van der Waals surface area contributed by atoms with Crippen molar-refractivity contribution in [2.75, 3.05) is 0 Å². The summed E-state index contributed by atoms with van der Waals surface area (Å²) in [6.07, 6.45) is 1.68. The molecule has 1 unspecified atom stereocenters. The SMILES string of the molecule is C[SiH](C)OC(c1cc[nH]c(=O)c1)C(C)(C)C. The van der Waals surface area contributed by atoms with Crippen molar-refractivity contribution in [2.45, 2.75) is 40.0 Å². The third-order valence-electron chi connectivity index (χ3n) is 2.30. The summed E-state index contributed by atoms with van der Waals surface area (Å²) in [6, 6.07) is 3.56. The molecule has 1 rings (SSSR count). The van der Waals surface area contributed by atoms with Crippen LogP contribution in [0.3, 0.4) is 0 Å². The monoisotopic (exact) mass is 239 g/mol. The Morgan fingerprint density at radius 2 is 2.00 bits per heavy atom. The van der Waals surface area contributed by atoms with Gasteiger partial charge in [0.25, 0.3) is 0 Å². The van der Waals surface area contributed by atoms with E-state index in [1.165, 1.54) is 0 Å². The molecule has 1 heterocycles. The highest BCUT2D eigenvalue weighted by molar-refractivity contribution is 6.48. The number of aromatic nitrogens is 1. The normalized spacial score (nSPS) is 14.1. The molecule has 0 aliphatic heterocycles. The molecule has 0 saturated carbocycles. The first-order chi connectivity index (χ1) is 7.30. The standard InChI is InChI=1S/C12H21NO2Si/c1-12(2,3)11(15-16(4)5)9-6-7-13-10(14)8-9/h6-8,11,16H,1-5H3,(H,13,14). The van der Waals surface area contributed by atoms with Crippen LogP contribution in [0.15, 0.2) is 23.1 Å². The van der Waals surface area contributed by atoms with Crippen molar-refractivity contribution < 1.29 is 4.43 Å². The second-order valence-electron chi connectivity index (χ2n) is 5.42. The Hall–Kier alpha value is -0.873. The largest absolute Gasteiger partial charge is 0.413 e. The lowest BCUT2D eigenvalue weighted by Gasteiger charge is -2.32. The van der Waals surface area contributed by atoms with Crippen molar-refractivity contribution in [1.82, 2.24) is 4.98 Å². The Balaban J connectivity index is 3.06. The zero-order valence-corrected chi connectivity index (χ0v) is 11.9.